The van der Waals surface area contributed by atoms with Crippen LogP contribution in [-0.2, 0) is 20.6 Å². The van der Waals surface area contributed by atoms with Crippen LogP contribution in [0.15, 0.2) is 30.3 Å². The molecule has 102 valence electrons. The van der Waals surface area contributed by atoms with Crippen molar-refractivity contribution in [2.45, 2.75) is 0 Å². The van der Waals surface area contributed by atoms with E-state index in [0.29, 0.717) is 0 Å². The van der Waals surface area contributed by atoms with Crippen LogP contribution in [0, 0.1) is 0 Å². The van der Waals surface area contributed by atoms with Gasteiger partial charge in [-0.15, -0.1) is 12.4 Å². The summed E-state index contributed by atoms with van der Waals surface area (Å²) in [4.78, 5) is 0. The molecule has 0 radical (unpaired) electrons. The predicted octanol–water partition coefficient (Wildman–Crippen LogP) is -0.152. The van der Waals surface area contributed by atoms with Gasteiger partial charge in [0.2, 0.25) is 0 Å². The maximum absolute atomic E-state index is 10.1. The minimum Gasteiger partial charge on any atom is -0.399 e. The monoisotopic (exact) mass is 295 g/mol. The lowest BCUT2D eigenvalue weighted by atomic mass is 10.3. The van der Waals surface area contributed by atoms with Gasteiger partial charge < -0.3 is 5.73 Å². The second-order valence-corrected chi connectivity index (χ2v) is 5.89. The first kappa shape index (κ1) is 16.6. The number of benzene rings is 1. The molecule has 0 unspecified atom stereocenters. The second-order valence-electron chi connectivity index (χ2n) is 3.27. The lowest BCUT2D eigenvalue weighted by Crippen LogP contribution is -2.16. The number of para-hydroxylation sites is 1. The molecule has 0 bridgehead atoms. The van der Waals surface area contributed by atoms with Gasteiger partial charge in [0.25, 0.3) is 10.1 Å². The minimum atomic E-state index is -4.07. The zero-order valence-corrected chi connectivity index (χ0v) is 11.4. The van der Waals surface area contributed by atoms with Gasteiger partial charge in [0, 0.05) is 5.69 Å². The molecule has 0 amide bonds. The van der Waals surface area contributed by atoms with Crippen molar-refractivity contribution in [3.8, 4) is 0 Å². The van der Waals surface area contributed by atoms with E-state index in [9.17, 15) is 16.8 Å². The highest BCUT2D eigenvalue weighted by molar-refractivity contribution is 7.85. The first-order valence-corrected chi connectivity index (χ1v) is 7.42. The summed E-state index contributed by atoms with van der Waals surface area (Å²) < 4.78 is 49.3. The second kappa shape index (κ2) is 7.80. The molecule has 0 fully saturated rings. The smallest absolute Gasteiger partial charge is 0.399 e. The summed E-state index contributed by atoms with van der Waals surface area (Å²) in [6.45, 7) is -0.241. The van der Waals surface area contributed by atoms with Crippen molar-refractivity contribution in [2.24, 2.45) is 0 Å². The fourth-order valence-electron chi connectivity index (χ4n) is 0.771. The molecule has 0 saturated carbocycles. The van der Waals surface area contributed by atoms with E-state index in [2.05, 4.69) is 0 Å². The van der Waals surface area contributed by atoms with E-state index < -0.39 is 26.4 Å². The molecule has 0 spiro atoms. The molecule has 0 saturated heterocycles. The summed E-state index contributed by atoms with van der Waals surface area (Å²) in [6.07, 6.45) is 0. The Kier molecular flexibility index (Phi) is 7.17. The molecule has 7 nitrogen and oxygen atoms in total. The molecule has 0 aliphatic carbocycles. The molecule has 0 aliphatic heterocycles. The standard InChI is InChI=1S/C6H7N.C3H7NO5S2/c7-6-4-2-1-3-5-6;1-4(10(5)6)2-3-11(7,8)9/h1-5H,7H2;2-3H2,1H3/p+1. The molecular weight excluding hydrogens is 280 g/mol. The molecule has 0 aromatic heterocycles. The fraction of sp³-hybridized carbons (Fsp3) is 0.333. The van der Waals surface area contributed by atoms with E-state index in [1.54, 1.807) is 0 Å². The van der Waals surface area contributed by atoms with Crippen LogP contribution >= 0.6 is 0 Å². The molecule has 0 heterocycles. The molecular formula is C9H15N2O5S2+. The number of hydrogen-bond acceptors (Lipinski definition) is 5. The van der Waals surface area contributed by atoms with Gasteiger partial charge in [0.15, 0.2) is 13.6 Å². The van der Waals surface area contributed by atoms with Crippen LogP contribution < -0.4 is 5.73 Å². The Morgan fingerprint density at radius 1 is 1.28 bits per heavy atom. The number of nitrogen functional groups attached to an aromatic ring is 1. The SMILES string of the molecule is C[N+](CCS(=O)(=O)O)=S(=O)=O.Nc1ccccc1. The van der Waals surface area contributed by atoms with Crippen LogP contribution in [0.3, 0.4) is 0 Å². The molecule has 1 rings (SSSR count). The van der Waals surface area contributed by atoms with Crippen molar-refractivity contribution in [1.82, 2.24) is 0 Å². The Morgan fingerprint density at radius 3 is 2.06 bits per heavy atom. The molecule has 9 heteroatoms. The van der Waals surface area contributed by atoms with Crippen molar-refractivity contribution >= 4 is 26.3 Å². The van der Waals surface area contributed by atoms with Crippen LogP contribution in [0.4, 0.5) is 5.69 Å². The molecule has 0 atom stereocenters. The number of nitrogens with two attached hydrogens (primary N) is 1. The Bertz CT molecular complexity index is 585. The highest BCUT2D eigenvalue weighted by Gasteiger charge is 2.09. The van der Waals surface area contributed by atoms with Crippen LogP contribution in [0.25, 0.3) is 0 Å². The molecule has 18 heavy (non-hydrogen) atoms. The minimum absolute atomic E-state index is 0.241. The summed E-state index contributed by atoms with van der Waals surface area (Å²) in [5.74, 6) is -0.586. The van der Waals surface area contributed by atoms with Gasteiger partial charge in [-0.1, -0.05) is 18.2 Å². The zero-order chi connectivity index (χ0) is 14.2. The van der Waals surface area contributed by atoms with Gasteiger partial charge in [-0.05, 0) is 12.1 Å². The zero-order valence-electron chi connectivity index (χ0n) is 9.72. The Morgan fingerprint density at radius 2 is 1.78 bits per heavy atom. The normalized spacial score (nSPS) is 10.1. The lowest BCUT2D eigenvalue weighted by Gasteiger charge is -1.88. The lowest BCUT2D eigenvalue weighted by molar-refractivity contribution is -0.466. The highest BCUT2D eigenvalue weighted by atomic mass is 32.2. The largest absolute Gasteiger partial charge is 0.458 e. The maximum atomic E-state index is 10.1. The van der Waals surface area contributed by atoms with Crippen molar-refractivity contribution in [3.63, 3.8) is 0 Å². The number of nitrogens with zero attached hydrogens (tertiary/aromatic N) is 1. The van der Waals surface area contributed by atoms with Gasteiger partial charge in [-0.25, -0.2) is 0 Å². The average molecular weight is 295 g/mol. The van der Waals surface area contributed by atoms with Gasteiger partial charge >= 0.3 is 10.5 Å². The van der Waals surface area contributed by atoms with Crippen molar-refractivity contribution in [1.29, 1.82) is 0 Å². The van der Waals surface area contributed by atoms with Crippen molar-refractivity contribution in [2.75, 3.05) is 25.1 Å². The Balaban J connectivity index is 0.000000351. The topological polar surface area (TPSA) is 118 Å². The highest BCUT2D eigenvalue weighted by Crippen LogP contribution is 1.95. The van der Waals surface area contributed by atoms with Gasteiger partial charge in [-0.3, -0.25) is 4.55 Å². The van der Waals surface area contributed by atoms with Crippen molar-refractivity contribution in [3.05, 3.63) is 30.3 Å². The molecule has 3 N–H and O–H groups in total. The van der Waals surface area contributed by atoms with E-state index in [1.807, 2.05) is 30.3 Å². The average Bonchev–Trinajstić information content (AvgIpc) is 2.26. The van der Waals surface area contributed by atoms with Gasteiger partial charge in [0.1, 0.15) is 5.75 Å². The number of hydrogen-bond donors (Lipinski definition) is 2. The van der Waals surface area contributed by atoms with Gasteiger partial charge in [-0.2, -0.15) is 8.42 Å². The summed E-state index contributed by atoms with van der Waals surface area (Å²) in [7, 11) is -5.30. The van der Waals surface area contributed by atoms with Gasteiger partial charge in [0.05, 0.1) is 0 Å². The van der Waals surface area contributed by atoms with Crippen molar-refractivity contribution < 1.29 is 25.3 Å². The quantitative estimate of drug-likeness (QED) is 0.455. The summed E-state index contributed by atoms with van der Waals surface area (Å²) in [5.41, 5.74) is 6.18. The summed E-state index contributed by atoms with van der Waals surface area (Å²) in [5, 5.41) is 0. The molecule has 1 aromatic rings. The number of anilines is 1. The van der Waals surface area contributed by atoms with E-state index in [0.717, 1.165) is 9.63 Å². The maximum Gasteiger partial charge on any atom is 0.458 e. The van der Waals surface area contributed by atoms with E-state index in [-0.39, 0.29) is 6.54 Å². The predicted molar refractivity (Wildman–Crippen MR) is 67.2 cm³/mol. The Hall–Kier alpha value is -1.45. The molecule has 0 aliphatic rings. The van der Waals surface area contributed by atoms with Crippen LogP contribution in [0.1, 0.15) is 0 Å². The van der Waals surface area contributed by atoms with Crippen LogP contribution in [-0.4, -0.2) is 44.7 Å². The third-order valence-corrected chi connectivity index (χ3v) is 3.11. The number of rotatable bonds is 3. The first-order valence-electron chi connectivity index (χ1n) is 4.78. The Labute approximate surface area is 107 Å². The van der Waals surface area contributed by atoms with Crippen LogP contribution in [0.5, 0.6) is 0 Å². The van der Waals surface area contributed by atoms with E-state index in [4.69, 9.17) is 10.3 Å². The molecule has 1 aromatic carbocycles. The third kappa shape index (κ3) is 9.75. The summed E-state index contributed by atoms with van der Waals surface area (Å²) in [6, 6.07) is 9.49. The third-order valence-electron chi connectivity index (χ3n) is 1.72. The first-order chi connectivity index (χ1) is 8.22. The van der Waals surface area contributed by atoms with E-state index >= 15 is 0 Å². The summed E-state index contributed by atoms with van der Waals surface area (Å²) >= 11 is 0. The van der Waals surface area contributed by atoms with E-state index in [1.165, 1.54) is 7.05 Å². The fourth-order valence-corrected chi connectivity index (χ4v) is 1.63. The van der Waals surface area contributed by atoms with Crippen LogP contribution in [0.2, 0.25) is 0 Å².